The summed E-state index contributed by atoms with van der Waals surface area (Å²) in [4.78, 5) is 26.5. The Kier molecular flexibility index (Phi) is 5.47. The SMILES string of the molecule is COc1ccc(N2C[C@H](C(=O)NCc3cc(-c4ccccc4F)on3)CC2=O)cc1. The summed E-state index contributed by atoms with van der Waals surface area (Å²) in [6.07, 6.45) is 0.136. The second-order valence-electron chi connectivity index (χ2n) is 6.98. The molecule has 3 aromatic rings. The van der Waals surface area contributed by atoms with E-state index in [4.69, 9.17) is 9.26 Å². The van der Waals surface area contributed by atoms with Crippen molar-refractivity contribution >= 4 is 17.5 Å². The second kappa shape index (κ2) is 8.36. The van der Waals surface area contributed by atoms with Crippen LogP contribution in [0.5, 0.6) is 5.75 Å². The van der Waals surface area contributed by atoms with E-state index in [-0.39, 0.29) is 24.8 Å². The normalized spacial score (nSPS) is 16.0. The molecule has 1 aromatic heterocycles. The van der Waals surface area contributed by atoms with Crippen molar-refractivity contribution in [3.05, 3.63) is 66.1 Å². The average Bonchev–Trinajstić information content (AvgIpc) is 3.39. The van der Waals surface area contributed by atoms with Crippen LogP contribution in [0.2, 0.25) is 0 Å². The molecular formula is C22H20FN3O4. The molecule has 2 amide bonds. The molecule has 0 spiro atoms. The number of nitrogens with one attached hydrogen (secondary N) is 1. The van der Waals surface area contributed by atoms with E-state index in [1.807, 2.05) is 0 Å². The number of nitrogens with zero attached hydrogens (tertiary/aromatic N) is 2. The van der Waals surface area contributed by atoms with E-state index in [2.05, 4.69) is 10.5 Å². The molecule has 30 heavy (non-hydrogen) atoms. The lowest BCUT2D eigenvalue weighted by Crippen LogP contribution is -2.32. The van der Waals surface area contributed by atoms with Crippen molar-refractivity contribution in [1.29, 1.82) is 0 Å². The minimum Gasteiger partial charge on any atom is -0.497 e. The third-order valence-corrected chi connectivity index (χ3v) is 5.02. The van der Waals surface area contributed by atoms with Gasteiger partial charge in [0.05, 0.1) is 25.1 Å². The van der Waals surface area contributed by atoms with Gasteiger partial charge >= 0.3 is 0 Å². The van der Waals surface area contributed by atoms with Crippen LogP contribution < -0.4 is 15.0 Å². The van der Waals surface area contributed by atoms with Gasteiger partial charge in [0.2, 0.25) is 11.8 Å². The highest BCUT2D eigenvalue weighted by molar-refractivity contribution is 6.00. The van der Waals surface area contributed by atoms with Crippen LogP contribution in [-0.2, 0) is 16.1 Å². The summed E-state index contributed by atoms with van der Waals surface area (Å²) in [6, 6.07) is 14.9. The molecule has 0 radical (unpaired) electrons. The van der Waals surface area contributed by atoms with E-state index < -0.39 is 11.7 Å². The van der Waals surface area contributed by atoms with E-state index in [1.165, 1.54) is 6.07 Å². The number of carbonyl (C=O) groups excluding carboxylic acids is 2. The molecule has 0 aliphatic carbocycles. The van der Waals surface area contributed by atoms with Crippen LogP contribution in [0, 0.1) is 11.7 Å². The fourth-order valence-corrected chi connectivity index (χ4v) is 3.40. The van der Waals surface area contributed by atoms with Gasteiger partial charge in [-0.15, -0.1) is 0 Å². The number of rotatable bonds is 6. The first-order valence-corrected chi connectivity index (χ1v) is 9.48. The highest BCUT2D eigenvalue weighted by Gasteiger charge is 2.35. The van der Waals surface area contributed by atoms with E-state index in [1.54, 1.807) is 60.5 Å². The molecule has 2 aromatic carbocycles. The van der Waals surface area contributed by atoms with Crippen LogP contribution in [0.3, 0.4) is 0 Å². The van der Waals surface area contributed by atoms with Crippen molar-refractivity contribution in [3.8, 4) is 17.1 Å². The van der Waals surface area contributed by atoms with E-state index in [9.17, 15) is 14.0 Å². The van der Waals surface area contributed by atoms with Crippen molar-refractivity contribution in [2.75, 3.05) is 18.6 Å². The molecule has 2 heterocycles. The Balaban J connectivity index is 1.36. The Morgan fingerprint density at radius 3 is 2.77 bits per heavy atom. The van der Waals surface area contributed by atoms with Crippen LogP contribution in [0.1, 0.15) is 12.1 Å². The van der Waals surface area contributed by atoms with Gasteiger partial charge in [-0.1, -0.05) is 17.3 Å². The van der Waals surface area contributed by atoms with Gasteiger partial charge in [-0.2, -0.15) is 0 Å². The number of hydrogen-bond donors (Lipinski definition) is 1. The smallest absolute Gasteiger partial charge is 0.227 e. The minimum absolute atomic E-state index is 0.108. The molecule has 1 aliphatic rings. The molecule has 0 saturated carbocycles. The Morgan fingerprint density at radius 2 is 2.03 bits per heavy atom. The second-order valence-corrected chi connectivity index (χ2v) is 6.98. The first-order valence-electron chi connectivity index (χ1n) is 9.48. The summed E-state index contributed by atoms with van der Waals surface area (Å²) in [5.41, 5.74) is 1.50. The Hall–Kier alpha value is -3.68. The lowest BCUT2D eigenvalue weighted by Gasteiger charge is -2.17. The number of methoxy groups -OCH3 is 1. The number of ether oxygens (including phenoxy) is 1. The predicted octanol–water partition coefficient (Wildman–Crippen LogP) is 3.16. The molecule has 0 bridgehead atoms. The number of hydrogen-bond acceptors (Lipinski definition) is 5. The molecule has 1 fully saturated rings. The number of anilines is 1. The number of halogens is 1. The van der Waals surface area contributed by atoms with Crippen LogP contribution in [0.4, 0.5) is 10.1 Å². The molecule has 4 rings (SSSR count). The van der Waals surface area contributed by atoms with E-state index in [0.29, 0.717) is 29.3 Å². The van der Waals surface area contributed by atoms with Crippen molar-refractivity contribution in [1.82, 2.24) is 10.5 Å². The standard InChI is InChI=1S/C22H20FN3O4/c1-29-17-8-6-16(7-9-17)26-13-14(10-21(26)27)22(28)24-12-15-11-20(30-25-15)18-4-2-3-5-19(18)23/h2-9,11,14H,10,12-13H2,1H3,(H,24,28)/t14-/m1/s1. The Bertz CT molecular complexity index is 1060. The molecule has 1 aliphatic heterocycles. The van der Waals surface area contributed by atoms with Crippen molar-refractivity contribution in [2.45, 2.75) is 13.0 Å². The largest absolute Gasteiger partial charge is 0.497 e. The highest BCUT2D eigenvalue weighted by Crippen LogP contribution is 2.27. The Morgan fingerprint density at radius 1 is 1.27 bits per heavy atom. The van der Waals surface area contributed by atoms with Gasteiger partial charge in [-0.25, -0.2) is 4.39 Å². The lowest BCUT2D eigenvalue weighted by molar-refractivity contribution is -0.126. The number of benzene rings is 2. The van der Waals surface area contributed by atoms with Crippen molar-refractivity contribution < 1.29 is 23.2 Å². The molecule has 1 N–H and O–H groups in total. The molecule has 8 heteroatoms. The van der Waals surface area contributed by atoms with Crippen LogP contribution in [-0.4, -0.2) is 30.6 Å². The molecular weight excluding hydrogens is 389 g/mol. The zero-order valence-corrected chi connectivity index (χ0v) is 16.3. The Labute approximate surface area is 172 Å². The third kappa shape index (κ3) is 4.03. The maximum Gasteiger partial charge on any atom is 0.227 e. The summed E-state index contributed by atoms with van der Waals surface area (Å²) in [7, 11) is 1.57. The molecule has 1 atom stereocenters. The topological polar surface area (TPSA) is 84.7 Å². The third-order valence-electron chi connectivity index (χ3n) is 5.02. The fraction of sp³-hybridized carbons (Fsp3) is 0.227. The number of carbonyl (C=O) groups is 2. The molecule has 7 nitrogen and oxygen atoms in total. The summed E-state index contributed by atoms with van der Waals surface area (Å²) < 4.78 is 24.2. The highest BCUT2D eigenvalue weighted by atomic mass is 19.1. The molecule has 1 saturated heterocycles. The van der Waals surface area contributed by atoms with E-state index in [0.717, 1.165) is 5.69 Å². The minimum atomic E-state index is -0.461. The zero-order chi connectivity index (χ0) is 21.1. The van der Waals surface area contributed by atoms with Gasteiger partial charge in [-0.3, -0.25) is 9.59 Å². The average molecular weight is 409 g/mol. The summed E-state index contributed by atoms with van der Waals surface area (Å²) in [5, 5.41) is 6.66. The maximum absolute atomic E-state index is 13.9. The quantitative estimate of drug-likeness (QED) is 0.676. The summed E-state index contributed by atoms with van der Waals surface area (Å²) in [5.74, 6) is -0.232. The van der Waals surface area contributed by atoms with Gasteiger partial charge in [0.25, 0.3) is 0 Å². The molecule has 154 valence electrons. The predicted molar refractivity (Wildman–Crippen MR) is 107 cm³/mol. The maximum atomic E-state index is 13.9. The first kappa shape index (κ1) is 19.6. The summed E-state index contributed by atoms with van der Waals surface area (Å²) in [6.45, 7) is 0.431. The van der Waals surface area contributed by atoms with E-state index >= 15 is 0 Å². The molecule has 0 unspecified atom stereocenters. The summed E-state index contributed by atoms with van der Waals surface area (Å²) >= 11 is 0. The fourth-order valence-electron chi connectivity index (χ4n) is 3.40. The first-order chi connectivity index (χ1) is 14.5. The van der Waals surface area contributed by atoms with Crippen LogP contribution >= 0.6 is 0 Å². The number of aromatic nitrogens is 1. The van der Waals surface area contributed by atoms with Crippen LogP contribution in [0.25, 0.3) is 11.3 Å². The monoisotopic (exact) mass is 409 g/mol. The number of amides is 2. The zero-order valence-electron chi connectivity index (χ0n) is 16.3. The lowest BCUT2D eigenvalue weighted by atomic mass is 10.1. The van der Waals surface area contributed by atoms with Gasteiger partial charge in [0.1, 0.15) is 17.3 Å². The van der Waals surface area contributed by atoms with Crippen molar-refractivity contribution in [3.63, 3.8) is 0 Å². The van der Waals surface area contributed by atoms with Crippen LogP contribution in [0.15, 0.2) is 59.1 Å². The van der Waals surface area contributed by atoms with Gasteiger partial charge in [-0.05, 0) is 36.4 Å². The van der Waals surface area contributed by atoms with Gasteiger partial charge in [0.15, 0.2) is 5.76 Å². The van der Waals surface area contributed by atoms with Crippen molar-refractivity contribution in [2.24, 2.45) is 5.92 Å². The van der Waals surface area contributed by atoms with Gasteiger partial charge < -0.3 is 19.5 Å². The van der Waals surface area contributed by atoms with Gasteiger partial charge in [0, 0.05) is 24.7 Å².